The van der Waals surface area contributed by atoms with E-state index in [2.05, 4.69) is 0 Å². The van der Waals surface area contributed by atoms with Crippen LogP contribution in [0.4, 0.5) is 0 Å². The maximum Gasteiger partial charge on any atom is 0.320 e. The van der Waals surface area contributed by atoms with Gasteiger partial charge in [0.25, 0.3) is 0 Å². The average molecular weight is 316 g/mol. The summed E-state index contributed by atoms with van der Waals surface area (Å²) in [6.45, 7) is 10.8. The molecule has 0 N–H and O–H groups in total. The van der Waals surface area contributed by atoms with Crippen LogP contribution in [0, 0.1) is 17.3 Å². The van der Waals surface area contributed by atoms with E-state index in [1.165, 1.54) is 14.2 Å². The third kappa shape index (κ3) is 6.45. The normalized spacial score (nSPS) is 13.5. The van der Waals surface area contributed by atoms with Crippen LogP contribution in [0.25, 0.3) is 0 Å². The minimum absolute atomic E-state index is 0.0738. The van der Waals surface area contributed by atoms with Crippen molar-refractivity contribution in [1.29, 1.82) is 0 Å². The molecule has 0 saturated carbocycles. The van der Waals surface area contributed by atoms with Crippen molar-refractivity contribution in [3.8, 4) is 0 Å². The molecule has 0 aromatic rings. The summed E-state index contributed by atoms with van der Waals surface area (Å²) in [5, 5.41) is 0. The summed E-state index contributed by atoms with van der Waals surface area (Å²) in [6, 6.07) is 0. The third-order valence-electron chi connectivity index (χ3n) is 3.23. The Morgan fingerprint density at radius 1 is 0.864 bits per heavy atom. The molecule has 0 aliphatic carbocycles. The van der Waals surface area contributed by atoms with Crippen LogP contribution in [-0.4, -0.2) is 37.7 Å². The van der Waals surface area contributed by atoms with Crippen molar-refractivity contribution in [3.63, 3.8) is 0 Å². The highest BCUT2D eigenvalue weighted by molar-refractivity contribution is 5.95. The maximum atomic E-state index is 12.1. The molecule has 0 amide bonds. The molecule has 0 saturated heterocycles. The zero-order chi connectivity index (χ0) is 17.7. The highest BCUT2D eigenvalue weighted by Crippen LogP contribution is 2.37. The second kappa shape index (κ2) is 7.61. The van der Waals surface area contributed by atoms with Gasteiger partial charge in [0, 0.05) is 0 Å². The SMILES string of the molecule is COC(=O)C(C(=O)OC)C(CC(=O)OC(C)(C)C)C(C)(C)C. The molecule has 6 heteroatoms. The van der Waals surface area contributed by atoms with Gasteiger partial charge in [0.1, 0.15) is 5.60 Å². The van der Waals surface area contributed by atoms with Crippen LogP contribution in [0.5, 0.6) is 0 Å². The third-order valence-corrected chi connectivity index (χ3v) is 3.23. The second-order valence-corrected chi connectivity index (χ2v) is 7.29. The van der Waals surface area contributed by atoms with E-state index in [1.807, 2.05) is 20.8 Å². The Morgan fingerprint density at radius 3 is 1.55 bits per heavy atom. The largest absolute Gasteiger partial charge is 0.468 e. The summed E-state index contributed by atoms with van der Waals surface area (Å²) < 4.78 is 14.7. The molecule has 0 aliphatic rings. The number of esters is 3. The lowest BCUT2D eigenvalue weighted by atomic mass is 9.71. The molecule has 1 unspecified atom stereocenters. The summed E-state index contributed by atoms with van der Waals surface area (Å²) >= 11 is 0. The lowest BCUT2D eigenvalue weighted by Gasteiger charge is -2.34. The van der Waals surface area contributed by atoms with Gasteiger partial charge in [-0.15, -0.1) is 0 Å². The van der Waals surface area contributed by atoms with Crippen molar-refractivity contribution in [3.05, 3.63) is 0 Å². The average Bonchev–Trinajstić information content (AvgIpc) is 2.33. The van der Waals surface area contributed by atoms with Gasteiger partial charge in [-0.1, -0.05) is 20.8 Å². The van der Waals surface area contributed by atoms with Gasteiger partial charge in [-0.2, -0.15) is 0 Å². The zero-order valence-electron chi connectivity index (χ0n) is 14.8. The lowest BCUT2D eigenvalue weighted by molar-refractivity contribution is -0.167. The van der Waals surface area contributed by atoms with Gasteiger partial charge < -0.3 is 14.2 Å². The molecule has 128 valence electrons. The smallest absolute Gasteiger partial charge is 0.320 e. The van der Waals surface area contributed by atoms with E-state index in [-0.39, 0.29) is 6.42 Å². The van der Waals surface area contributed by atoms with Crippen molar-refractivity contribution < 1.29 is 28.6 Å². The van der Waals surface area contributed by atoms with Crippen molar-refractivity contribution in [2.24, 2.45) is 17.3 Å². The molecule has 0 radical (unpaired) electrons. The van der Waals surface area contributed by atoms with Crippen LogP contribution in [0.1, 0.15) is 48.0 Å². The van der Waals surface area contributed by atoms with Gasteiger partial charge in [0.15, 0.2) is 5.92 Å². The highest BCUT2D eigenvalue weighted by atomic mass is 16.6. The van der Waals surface area contributed by atoms with Crippen LogP contribution in [-0.2, 0) is 28.6 Å². The first-order valence-electron chi connectivity index (χ1n) is 7.21. The number of hydrogen-bond acceptors (Lipinski definition) is 6. The molecule has 0 bridgehead atoms. The number of ether oxygens (including phenoxy) is 3. The fourth-order valence-electron chi connectivity index (χ4n) is 2.17. The summed E-state index contributed by atoms with van der Waals surface area (Å²) in [6.07, 6.45) is -0.0738. The monoisotopic (exact) mass is 316 g/mol. The van der Waals surface area contributed by atoms with E-state index >= 15 is 0 Å². The predicted molar refractivity (Wildman–Crippen MR) is 80.9 cm³/mol. The Hall–Kier alpha value is -1.59. The molecule has 0 aromatic heterocycles. The van der Waals surface area contributed by atoms with Crippen molar-refractivity contribution in [2.45, 2.75) is 53.6 Å². The number of methoxy groups -OCH3 is 2. The second-order valence-electron chi connectivity index (χ2n) is 7.29. The van der Waals surface area contributed by atoms with Crippen LogP contribution in [0.3, 0.4) is 0 Å². The number of hydrogen-bond donors (Lipinski definition) is 0. The van der Waals surface area contributed by atoms with Gasteiger partial charge in [-0.25, -0.2) is 0 Å². The Morgan fingerprint density at radius 2 is 1.27 bits per heavy atom. The van der Waals surface area contributed by atoms with E-state index in [9.17, 15) is 14.4 Å². The van der Waals surface area contributed by atoms with Crippen molar-refractivity contribution in [1.82, 2.24) is 0 Å². The summed E-state index contributed by atoms with van der Waals surface area (Å²) in [7, 11) is 2.40. The van der Waals surface area contributed by atoms with Crippen LogP contribution in [0.2, 0.25) is 0 Å². The van der Waals surface area contributed by atoms with Crippen LogP contribution >= 0.6 is 0 Å². The topological polar surface area (TPSA) is 78.9 Å². The number of rotatable bonds is 5. The molecule has 0 fully saturated rings. The van der Waals surface area contributed by atoms with Crippen molar-refractivity contribution in [2.75, 3.05) is 14.2 Å². The summed E-state index contributed by atoms with van der Waals surface area (Å²) in [5.41, 5.74) is -1.13. The standard InChI is InChI=1S/C16H28O6/c1-15(2,3)10(9-11(17)22-16(4,5)6)12(13(18)20-7)14(19)21-8/h10,12H,9H2,1-8H3. The molecule has 0 heterocycles. The van der Waals surface area contributed by atoms with E-state index in [4.69, 9.17) is 14.2 Å². The first kappa shape index (κ1) is 20.4. The van der Waals surface area contributed by atoms with Gasteiger partial charge in [0.2, 0.25) is 0 Å². The number of carbonyl (C=O) groups excluding carboxylic acids is 3. The minimum atomic E-state index is -1.16. The Balaban J connectivity index is 5.46. The van der Waals surface area contributed by atoms with Gasteiger partial charge in [-0.05, 0) is 32.1 Å². The first-order chi connectivity index (χ1) is 9.83. The van der Waals surface area contributed by atoms with Crippen molar-refractivity contribution >= 4 is 17.9 Å². The fraction of sp³-hybridized carbons (Fsp3) is 0.812. The molecule has 0 aromatic carbocycles. The van der Waals surface area contributed by atoms with E-state index in [1.54, 1.807) is 20.8 Å². The highest BCUT2D eigenvalue weighted by Gasteiger charge is 2.44. The quantitative estimate of drug-likeness (QED) is 0.440. The van der Waals surface area contributed by atoms with Crippen LogP contribution < -0.4 is 0 Å². The van der Waals surface area contributed by atoms with E-state index in [0.29, 0.717) is 0 Å². The fourth-order valence-corrected chi connectivity index (χ4v) is 2.17. The van der Waals surface area contributed by atoms with Gasteiger partial charge >= 0.3 is 17.9 Å². The summed E-state index contributed by atoms with van der Waals surface area (Å²) in [4.78, 5) is 36.1. The molecular weight excluding hydrogens is 288 g/mol. The van der Waals surface area contributed by atoms with Gasteiger partial charge in [0.05, 0.1) is 20.6 Å². The molecule has 0 spiro atoms. The first-order valence-corrected chi connectivity index (χ1v) is 7.21. The number of carbonyl (C=O) groups is 3. The van der Waals surface area contributed by atoms with E-state index < -0.39 is 40.8 Å². The maximum absolute atomic E-state index is 12.1. The Bertz CT molecular complexity index is 397. The van der Waals surface area contributed by atoms with Gasteiger partial charge in [-0.3, -0.25) is 14.4 Å². The molecule has 1 atom stereocenters. The molecule has 0 aliphatic heterocycles. The molecule has 22 heavy (non-hydrogen) atoms. The van der Waals surface area contributed by atoms with E-state index in [0.717, 1.165) is 0 Å². The van der Waals surface area contributed by atoms with Crippen LogP contribution in [0.15, 0.2) is 0 Å². The molecule has 6 nitrogen and oxygen atoms in total. The Labute approximate surface area is 132 Å². The lowest BCUT2D eigenvalue weighted by Crippen LogP contribution is -2.41. The molecule has 0 rings (SSSR count). The Kier molecular flexibility index (Phi) is 7.06. The summed E-state index contributed by atoms with van der Waals surface area (Å²) in [5.74, 6) is -3.65. The molecular formula is C16H28O6. The minimum Gasteiger partial charge on any atom is -0.468 e. The zero-order valence-corrected chi connectivity index (χ0v) is 14.8. The predicted octanol–water partition coefficient (Wildman–Crippen LogP) is 2.34.